The van der Waals surface area contributed by atoms with Crippen LogP contribution in [0.4, 0.5) is 0 Å². The maximum atomic E-state index is 13.1. The van der Waals surface area contributed by atoms with Gasteiger partial charge < -0.3 is 10.1 Å². The number of ketones is 2. The molecule has 3 atom stereocenters. The first-order valence-corrected chi connectivity index (χ1v) is 11.4. The van der Waals surface area contributed by atoms with Crippen molar-refractivity contribution < 1.29 is 23.9 Å². The molecule has 6 nitrogen and oxygen atoms in total. The van der Waals surface area contributed by atoms with E-state index < -0.39 is 18.4 Å². The molecule has 1 amide bonds. The molecule has 5 rings (SSSR count). The molecule has 2 aromatic rings. The summed E-state index contributed by atoms with van der Waals surface area (Å²) >= 11 is 0. The first-order valence-electron chi connectivity index (χ1n) is 11.4. The van der Waals surface area contributed by atoms with Crippen LogP contribution in [0.15, 0.2) is 42.5 Å². The quantitative estimate of drug-likeness (QED) is 0.614. The normalized spacial score (nSPS) is 26.5. The second-order valence-electron chi connectivity index (χ2n) is 10.2. The first kappa shape index (κ1) is 21.6. The Balaban J connectivity index is 1.31. The molecule has 0 saturated heterocycles. The molecule has 3 aliphatic rings. The predicted molar refractivity (Wildman–Crippen MR) is 121 cm³/mol. The zero-order valence-electron chi connectivity index (χ0n) is 19.1. The van der Waals surface area contributed by atoms with Crippen molar-refractivity contribution in [1.29, 1.82) is 0 Å². The van der Waals surface area contributed by atoms with Crippen molar-refractivity contribution in [3.05, 3.63) is 70.3 Å². The Bertz CT molecular complexity index is 1210. The lowest BCUT2D eigenvalue weighted by atomic mass is 9.69. The fraction of sp³-hybridized carbons (Fsp3) is 0.407. The molecule has 0 spiro atoms. The molecular formula is C27H27NO5. The Hall–Kier alpha value is -3.28. The number of hydrogen-bond acceptors (Lipinski definition) is 5. The summed E-state index contributed by atoms with van der Waals surface area (Å²) in [4.78, 5) is 51.4. The van der Waals surface area contributed by atoms with E-state index in [-0.39, 0.29) is 50.8 Å². The van der Waals surface area contributed by atoms with E-state index in [9.17, 15) is 19.2 Å². The van der Waals surface area contributed by atoms with Crippen LogP contribution in [0.25, 0.3) is 0 Å². The van der Waals surface area contributed by atoms with Gasteiger partial charge in [0.15, 0.2) is 18.2 Å². The highest BCUT2D eigenvalue weighted by molar-refractivity contribution is 6.30. The van der Waals surface area contributed by atoms with Crippen molar-refractivity contribution in [3.63, 3.8) is 0 Å². The predicted octanol–water partition coefficient (Wildman–Crippen LogP) is 3.95. The summed E-state index contributed by atoms with van der Waals surface area (Å²) in [6, 6.07) is 11.1. The Labute approximate surface area is 192 Å². The largest absolute Gasteiger partial charge is 0.452 e. The standard InChI is InChI=1S/C27H27NO5/c1-26(2)15-11-12-27(26,3)20(13-15)28-21(29)14-33-25(32)19-10-6-9-18-22(19)24(31)17-8-5-4-7-16(17)23(18)30/h4-10,15,20H,11-14H2,1-3H3,(H,28,29)/t15-,20-,27-/m0/s1. The average Bonchev–Trinajstić information content (AvgIpc) is 3.14. The number of hydrogen-bond donors (Lipinski definition) is 1. The van der Waals surface area contributed by atoms with Crippen LogP contribution >= 0.6 is 0 Å². The monoisotopic (exact) mass is 445 g/mol. The molecule has 33 heavy (non-hydrogen) atoms. The molecule has 0 heterocycles. The third kappa shape index (κ3) is 3.07. The molecule has 2 aromatic carbocycles. The number of benzene rings is 2. The number of amides is 1. The van der Waals surface area contributed by atoms with Gasteiger partial charge in [0.1, 0.15) is 0 Å². The van der Waals surface area contributed by atoms with Gasteiger partial charge >= 0.3 is 5.97 Å². The second kappa shape index (κ2) is 7.37. The Morgan fingerprint density at radius 2 is 1.64 bits per heavy atom. The van der Waals surface area contributed by atoms with Gasteiger partial charge in [-0.3, -0.25) is 14.4 Å². The molecule has 3 aliphatic carbocycles. The highest BCUT2D eigenvalue weighted by Gasteiger charge is 2.61. The van der Waals surface area contributed by atoms with Gasteiger partial charge in [-0.05, 0) is 42.1 Å². The van der Waals surface area contributed by atoms with Gasteiger partial charge in [-0.15, -0.1) is 0 Å². The van der Waals surface area contributed by atoms with E-state index in [2.05, 4.69) is 26.1 Å². The Kier molecular flexibility index (Phi) is 4.82. The third-order valence-corrected chi connectivity index (χ3v) is 8.64. The van der Waals surface area contributed by atoms with Gasteiger partial charge in [0.05, 0.1) is 5.56 Å². The van der Waals surface area contributed by atoms with Crippen LogP contribution in [0.5, 0.6) is 0 Å². The lowest BCUT2D eigenvalue weighted by molar-refractivity contribution is -0.126. The number of ether oxygens (including phenoxy) is 1. The number of rotatable bonds is 4. The number of fused-ring (bicyclic) bond motifs is 4. The van der Waals surface area contributed by atoms with Crippen LogP contribution in [-0.2, 0) is 9.53 Å². The lowest BCUT2D eigenvalue weighted by Crippen LogP contribution is -2.48. The van der Waals surface area contributed by atoms with E-state index in [4.69, 9.17) is 4.74 Å². The van der Waals surface area contributed by atoms with Crippen molar-refractivity contribution in [2.45, 2.75) is 46.1 Å². The zero-order valence-corrected chi connectivity index (χ0v) is 19.1. The highest BCUT2D eigenvalue weighted by atomic mass is 16.5. The van der Waals surface area contributed by atoms with Crippen molar-refractivity contribution in [3.8, 4) is 0 Å². The number of carbonyl (C=O) groups is 4. The van der Waals surface area contributed by atoms with Gasteiger partial charge in [-0.2, -0.15) is 0 Å². The smallest absolute Gasteiger partial charge is 0.339 e. The topological polar surface area (TPSA) is 89.5 Å². The number of nitrogens with one attached hydrogen (secondary N) is 1. The highest BCUT2D eigenvalue weighted by Crippen LogP contribution is 2.65. The molecule has 2 fully saturated rings. The summed E-state index contributed by atoms with van der Waals surface area (Å²) < 4.78 is 5.29. The Morgan fingerprint density at radius 3 is 2.27 bits per heavy atom. The molecular weight excluding hydrogens is 418 g/mol. The zero-order chi connectivity index (χ0) is 23.5. The van der Waals surface area contributed by atoms with E-state index in [1.807, 2.05) is 0 Å². The van der Waals surface area contributed by atoms with Crippen molar-refractivity contribution in [2.24, 2.45) is 16.7 Å². The summed E-state index contributed by atoms with van der Waals surface area (Å²) in [5.41, 5.74) is 0.983. The van der Waals surface area contributed by atoms with Crippen molar-refractivity contribution >= 4 is 23.4 Å². The first-order chi connectivity index (χ1) is 15.6. The maximum absolute atomic E-state index is 13.1. The summed E-state index contributed by atoms with van der Waals surface area (Å²) in [5.74, 6) is -1.26. The molecule has 0 aliphatic heterocycles. The minimum atomic E-state index is -0.790. The molecule has 6 heteroatoms. The maximum Gasteiger partial charge on any atom is 0.339 e. The fourth-order valence-corrected chi connectivity index (χ4v) is 6.18. The van der Waals surface area contributed by atoms with Crippen molar-refractivity contribution in [1.82, 2.24) is 5.32 Å². The minimum Gasteiger partial charge on any atom is -0.452 e. The fourth-order valence-electron chi connectivity index (χ4n) is 6.18. The number of esters is 1. The van der Waals surface area contributed by atoms with Crippen LogP contribution in [0.1, 0.15) is 82.2 Å². The summed E-state index contributed by atoms with van der Waals surface area (Å²) in [7, 11) is 0. The number of carbonyl (C=O) groups excluding carboxylic acids is 4. The van der Waals surface area contributed by atoms with Gasteiger partial charge in [0, 0.05) is 28.3 Å². The van der Waals surface area contributed by atoms with Crippen LogP contribution in [-0.4, -0.2) is 36.1 Å². The lowest BCUT2D eigenvalue weighted by Gasteiger charge is -2.39. The minimum absolute atomic E-state index is 0.00108. The van der Waals surface area contributed by atoms with Gasteiger partial charge in [0.25, 0.3) is 5.91 Å². The molecule has 0 aromatic heterocycles. The average molecular weight is 446 g/mol. The second-order valence-corrected chi connectivity index (χ2v) is 10.2. The third-order valence-electron chi connectivity index (χ3n) is 8.64. The van der Waals surface area contributed by atoms with E-state index in [0.717, 1.165) is 12.8 Å². The molecule has 2 bridgehead atoms. The Morgan fingerprint density at radius 1 is 0.970 bits per heavy atom. The van der Waals surface area contributed by atoms with E-state index in [1.165, 1.54) is 18.6 Å². The molecule has 0 radical (unpaired) electrons. The van der Waals surface area contributed by atoms with Crippen LogP contribution in [0.2, 0.25) is 0 Å². The van der Waals surface area contributed by atoms with E-state index >= 15 is 0 Å². The summed E-state index contributed by atoms with van der Waals surface area (Å²) in [6.07, 6.45) is 3.19. The van der Waals surface area contributed by atoms with E-state index in [0.29, 0.717) is 11.5 Å². The van der Waals surface area contributed by atoms with Gasteiger partial charge in [0.2, 0.25) is 0 Å². The molecule has 2 saturated carbocycles. The SMILES string of the molecule is CC1(C)[C@H]2CC[C@@]1(C)[C@@H](NC(=O)COC(=O)c1cccc3c1C(=O)c1ccccc1C3=O)C2. The summed E-state index contributed by atoms with van der Waals surface area (Å²) in [5, 5.41) is 3.07. The van der Waals surface area contributed by atoms with E-state index in [1.54, 1.807) is 30.3 Å². The van der Waals surface area contributed by atoms with Crippen molar-refractivity contribution in [2.75, 3.05) is 6.61 Å². The van der Waals surface area contributed by atoms with Crippen LogP contribution in [0.3, 0.4) is 0 Å². The molecule has 1 N–H and O–H groups in total. The molecule has 0 unspecified atom stereocenters. The van der Waals surface area contributed by atoms with Crippen LogP contribution in [0, 0.1) is 16.7 Å². The van der Waals surface area contributed by atoms with Gasteiger partial charge in [-0.25, -0.2) is 4.79 Å². The van der Waals surface area contributed by atoms with Crippen LogP contribution < -0.4 is 5.32 Å². The summed E-state index contributed by atoms with van der Waals surface area (Å²) in [6.45, 7) is 6.34. The molecule has 170 valence electrons. The van der Waals surface area contributed by atoms with Gasteiger partial charge in [-0.1, -0.05) is 57.2 Å².